The molecule has 16 heavy (non-hydrogen) atoms. The highest BCUT2D eigenvalue weighted by atomic mass is 19.2. The molecule has 0 aromatic carbocycles. The van der Waals surface area contributed by atoms with Crippen LogP contribution in [0.2, 0.25) is 0 Å². The molecular formula is C10H12F2O4. The van der Waals surface area contributed by atoms with Gasteiger partial charge in [-0.1, -0.05) is 0 Å². The number of carbonyl (C=O) groups excluding carboxylic acids is 2. The maximum absolute atomic E-state index is 12.9. The third-order valence-corrected chi connectivity index (χ3v) is 1.32. The maximum atomic E-state index is 12.9. The molecule has 0 N–H and O–H groups in total. The van der Waals surface area contributed by atoms with Gasteiger partial charge < -0.3 is 9.47 Å². The highest BCUT2D eigenvalue weighted by Crippen LogP contribution is 2.11. The Hall–Kier alpha value is -1.72. The summed E-state index contributed by atoms with van der Waals surface area (Å²) in [5, 5.41) is 0. The van der Waals surface area contributed by atoms with E-state index in [9.17, 15) is 18.4 Å². The van der Waals surface area contributed by atoms with E-state index in [-0.39, 0.29) is 13.2 Å². The smallest absolute Gasteiger partial charge is 0.370 e. The third kappa shape index (κ3) is 5.23. The lowest BCUT2D eigenvalue weighted by molar-refractivity contribution is -0.140. The Kier molecular flexibility index (Phi) is 6.74. The second-order valence-electron chi connectivity index (χ2n) is 2.47. The largest absolute Gasteiger partial charge is 0.463 e. The first-order valence-corrected chi connectivity index (χ1v) is 4.60. The number of rotatable bonds is 5. The summed E-state index contributed by atoms with van der Waals surface area (Å²) in [5.41, 5.74) is 0. The fourth-order valence-electron chi connectivity index (χ4n) is 0.697. The first-order valence-electron chi connectivity index (χ1n) is 4.60. The van der Waals surface area contributed by atoms with Gasteiger partial charge in [0.25, 0.3) is 0 Å². The summed E-state index contributed by atoms with van der Waals surface area (Å²) in [7, 11) is 0. The van der Waals surface area contributed by atoms with Gasteiger partial charge >= 0.3 is 11.9 Å². The van der Waals surface area contributed by atoms with Crippen LogP contribution >= 0.6 is 0 Å². The summed E-state index contributed by atoms with van der Waals surface area (Å²) in [5.74, 6) is -5.39. The first-order chi connectivity index (χ1) is 7.52. The van der Waals surface area contributed by atoms with Crippen molar-refractivity contribution in [2.45, 2.75) is 13.8 Å². The summed E-state index contributed by atoms with van der Waals surface area (Å²) >= 11 is 0. The molecule has 0 amide bonds. The van der Waals surface area contributed by atoms with Crippen LogP contribution in [0.25, 0.3) is 0 Å². The fraction of sp³-hybridized carbons (Fsp3) is 0.400. The predicted molar refractivity (Wildman–Crippen MR) is 51.6 cm³/mol. The summed E-state index contributed by atoms with van der Waals surface area (Å²) in [6, 6.07) is 0. The van der Waals surface area contributed by atoms with Crippen molar-refractivity contribution in [3.8, 4) is 0 Å². The van der Waals surface area contributed by atoms with Gasteiger partial charge in [0.2, 0.25) is 5.83 Å². The Balaban J connectivity index is 4.52. The van der Waals surface area contributed by atoms with Gasteiger partial charge in [0.15, 0.2) is 5.83 Å². The molecule has 4 nitrogen and oxygen atoms in total. The van der Waals surface area contributed by atoms with Crippen LogP contribution in [-0.2, 0) is 19.1 Å². The number of esters is 2. The first kappa shape index (κ1) is 14.3. The molecule has 0 aromatic heterocycles. The van der Waals surface area contributed by atoms with Crippen LogP contribution in [0.3, 0.4) is 0 Å². The molecule has 0 spiro atoms. The molecule has 0 aliphatic heterocycles. The topological polar surface area (TPSA) is 52.6 Å². The van der Waals surface area contributed by atoms with Gasteiger partial charge in [-0.25, -0.2) is 14.0 Å². The Labute approximate surface area is 91.5 Å². The van der Waals surface area contributed by atoms with Gasteiger partial charge in [-0.3, -0.25) is 0 Å². The molecule has 0 bridgehead atoms. The van der Waals surface area contributed by atoms with Gasteiger partial charge in [-0.15, -0.1) is 0 Å². The average molecular weight is 234 g/mol. The van der Waals surface area contributed by atoms with E-state index in [1.165, 1.54) is 6.92 Å². The third-order valence-electron chi connectivity index (χ3n) is 1.32. The number of hydrogen-bond acceptors (Lipinski definition) is 4. The van der Waals surface area contributed by atoms with E-state index in [0.717, 1.165) is 0 Å². The zero-order valence-corrected chi connectivity index (χ0v) is 8.96. The Bertz CT molecular complexity index is 321. The number of carbonyl (C=O) groups is 2. The van der Waals surface area contributed by atoms with Gasteiger partial charge in [0, 0.05) is 6.08 Å². The lowest BCUT2D eigenvalue weighted by atomic mass is 10.4. The minimum Gasteiger partial charge on any atom is -0.463 e. The normalized spacial score (nSPS) is 12.2. The molecule has 0 aromatic rings. The molecule has 0 saturated heterocycles. The molecule has 90 valence electrons. The minimum absolute atomic E-state index is 0.0683. The molecule has 0 aliphatic carbocycles. The molecule has 0 rings (SSSR count). The molecule has 0 aliphatic rings. The minimum atomic E-state index is -1.68. The molecule has 0 fully saturated rings. The summed E-state index contributed by atoms with van der Waals surface area (Å²) < 4.78 is 34.4. The zero-order valence-electron chi connectivity index (χ0n) is 8.96. The second-order valence-corrected chi connectivity index (χ2v) is 2.47. The Morgan fingerprint density at radius 3 is 2.12 bits per heavy atom. The van der Waals surface area contributed by atoms with Crippen molar-refractivity contribution in [3.05, 3.63) is 23.8 Å². The standard InChI is InChI=1S/C10H12F2O4/c1-3-15-8(13)6-5-7(11)9(12)10(14)16-4-2/h5-6H,3-4H2,1-2H3/b6-5+,9-7+. The highest BCUT2D eigenvalue weighted by molar-refractivity contribution is 5.88. The van der Waals surface area contributed by atoms with E-state index in [2.05, 4.69) is 9.47 Å². The van der Waals surface area contributed by atoms with Gasteiger partial charge in [-0.2, -0.15) is 4.39 Å². The van der Waals surface area contributed by atoms with E-state index in [0.29, 0.717) is 12.2 Å². The van der Waals surface area contributed by atoms with Crippen molar-refractivity contribution in [1.29, 1.82) is 0 Å². The van der Waals surface area contributed by atoms with Gasteiger partial charge in [0.05, 0.1) is 13.2 Å². The van der Waals surface area contributed by atoms with Crippen molar-refractivity contribution in [3.63, 3.8) is 0 Å². The number of ether oxygens (including phenoxy) is 2. The van der Waals surface area contributed by atoms with E-state index in [1.54, 1.807) is 6.92 Å². The zero-order chi connectivity index (χ0) is 12.6. The molecule has 6 heteroatoms. The van der Waals surface area contributed by atoms with Crippen molar-refractivity contribution in [2.75, 3.05) is 13.2 Å². The van der Waals surface area contributed by atoms with Crippen LogP contribution in [0.4, 0.5) is 8.78 Å². The maximum Gasteiger partial charge on any atom is 0.370 e. The van der Waals surface area contributed by atoms with Crippen molar-refractivity contribution >= 4 is 11.9 Å². The van der Waals surface area contributed by atoms with Crippen molar-refractivity contribution < 1.29 is 27.8 Å². The number of halogens is 2. The predicted octanol–water partition coefficient (Wildman–Crippen LogP) is 1.82. The lowest BCUT2D eigenvalue weighted by Crippen LogP contribution is -2.05. The second kappa shape index (κ2) is 7.56. The Morgan fingerprint density at radius 2 is 1.62 bits per heavy atom. The van der Waals surface area contributed by atoms with Crippen LogP contribution in [0, 0.1) is 0 Å². The summed E-state index contributed by atoms with van der Waals surface area (Å²) in [6.45, 7) is 3.07. The van der Waals surface area contributed by atoms with Gasteiger partial charge in [0.1, 0.15) is 0 Å². The molecular weight excluding hydrogens is 222 g/mol. The van der Waals surface area contributed by atoms with Crippen LogP contribution in [-0.4, -0.2) is 25.2 Å². The SMILES string of the molecule is CCOC(=O)/C=C/C(F)=C(\F)C(=O)OCC. The lowest BCUT2D eigenvalue weighted by Gasteiger charge is -1.98. The van der Waals surface area contributed by atoms with Crippen molar-refractivity contribution in [2.24, 2.45) is 0 Å². The van der Waals surface area contributed by atoms with E-state index >= 15 is 0 Å². The van der Waals surface area contributed by atoms with Gasteiger partial charge in [-0.05, 0) is 19.9 Å². The van der Waals surface area contributed by atoms with E-state index in [1.807, 2.05) is 0 Å². The van der Waals surface area contributed by atoms with E-state index < -0.39 is 23.6 Å². The fourth-order valence-corrected chi connectivity index (χ4v) is 0.697. The molecule has 0 atom stereocenters. The Morgan fingerprint density at radius 1 is 1.06 bits per heavy atom. The quantitative estimate of drug-likeness (QED) is 0.413. The highest BCUT2D eigenvalue weighted by Gasteiger charge is 2.15. The molecule has 0 saturated carbocycles. The summed E-state index contributed by atoms with van der Waals surface area (Å²) in [4.78, 5) is 21.4. The monoisotopic (exact) mass is 234 g/mol. The molecule has 0 radical (unpaired) electrons. The summed E-state index contributed by atoms with van der Waals surface area (Å²) in [6.07, 6.45) is 1.18. The number of allylic oxidation sites excluding steroid dienone is 2. The molecule has 0 unspecified atom stereocenters. The van der Waals surface area contributed by atoms with Crippen molar-refractivity contribution in [1.82, 2.24) is 0 Å². The average Bonchev–Trinajstić information content (AvgIpc) is 2.25. The molecule has 0 heterocycles. The van der Waals surface area contributed by atoms with Crippen LogP contribution < -0.4 is 0 Å². The number of hydrogen-bond donors (Lipinski definition) is 0. The van der Waals surface area contributed by atoms with Crippen LogP contribution in [0.15, 0.2) is 23.8 Å². The van der Waals surface area contributed by atoms with Crippen LogP contribution in [0.5, 0.6) is 0 Å². The van der Waals surface area contributed by atoms with Crippen LogP contribution in [0.1, 0.15) is 13.8 Å². The van der Waals surface area contributed by atoms with E-state index in [4.69, 9.17) is 0 Å².